The van der Waals surface area contributed by atoms with Crippen LogP contribution in [0, 0.1) is 17.8 Å². The molecule has 1 heterocycles. The van der Waals surface area contributed by atoms with Crippen molar-refractivity contribution in [3.8, 4) is 0 Å². The molecule has 0 aromatic carbocycles. The Bertz CT molecular complexity index is 282. The van der Waals surface area contributed by atoms with Gasteiger partial charge in [-0.3, -0.25) is 0 Å². The summed E-state index contributed by atoms with van der Waals surface area (Å²) in [6.07, 6.45) is 6.12. The monoisotopic (exact) mass is 226 g/mol. The lowest BCUT2D eigenvalue weighted by Crippen LogP contribution is -2.98. The van der Waals surface area contributed by atoms with Gasteiger partial charge in [0.25, 0.3) is 0 Å². The average molecular weight is 226 g/mol. The number of hydrogen-bond donors (Lipinski definition) is 2. The lowest BCUT2D eigenvalue weighted by molar-refractivity contribution is -0.714. The van der Waals surface area contributed by atoms with Crippen LogP contribution >= 0.6 is 11.8 Å². The van der Waals surface area contributed by atoms with Crippen LogP contribution in [0.1, 0.15) is 32.1 Å². The minimum absolute atomic E-state index is 0.251. The Morgan fingerprint density at radius 3 is 2.40 bits per heavy atom. The van der Waals surface area contributed by atoms with Crippen molar-refractivity contribution < 1.29 is 10.4 Å². The van der Waals surface area contributed by atoms with Gasteiger partial charge in [0.2, 0.25) is 0 Å². The largest absolute Gasteiger partial charge is 0.390 e. The fraction of sp³-hybridized carbons (Fsp3) is 1.00. The number of quaternary nitrogens is 1. The van der Waals surface area contributed by atoms with Crippen LogP contribution in [0.4, 0.5) is 0 Å². The summed E-state index contributed by atoms with van der Waals surface area (Å²) in [6, 6.07) is 0. The fourth-order valence-electron chi connectivity index (χ4n) is 5.11. The van der Waals surface area contributed by atoms with E-state index in [4.69, 9.17) is 0 Å². The first-order chi connectivity index (χ1) is 7.20. The molecule has 4 aliphatic carbocycles. The zero-order valence-electron chi connectivity index (χ0n) is 9.11. The first kappa shape index (κ1) is 9.32. The molecule has 5 aliphatic rings. The van der Waals surface area contributed by atoms with Gasteiger partial charge in [-0.2, -0.15) is 0 Å². The maximum Gasteiger partial charge on any atom is 0.149 e. The lowest BCUT2D eigenvalue weighted by Gasteiger charge is -2.60. The molecule has 4 saturated carbocycles. The molecule has 5 fully saturated rings. The number of aliphatic hydroxyl groups is 1. The maximum absolute atomic E-state index is 10.5. The molecule has 5 rings (SSSR count). The van der Waals surface area contributed by atoms with Gasteiger partial charge in [-0.25, -0.2) is 0 Å². The van der Waals surface area contributed by atoms with Gasteiger partial charge in [0, 0.05) is 17.6 Å². The molecule has 3 unspecified atom stereocenters. The van der Waals surface area contributed by atoms with Gasteiger partial charge in [-0.1, -0.05) is 11.8 Å². The van der Waals surface area contributed by atoms with Gasteiger partial charge in [0.1, 0.15) is 4.87 Å². The molecular weight excluding hydrogens is 206 g/mol. The first-order valence-corrected chi connectivity index (χ1v) is 7.39. The average Bonchev–Trinajstić information content (AvgIpc) is 2.61. The van der Waals surface area contributed by atoms with Crippen LogP contribution in [0.25, 0.3) is 0 Å². The van der Waals surface area contributed by atoms with E-state index in [2.05, 4.69) is 17.1 Å². The molecule has 0 amide bonds. The number of nitrogens with two attached hydrogens (primary N) is 1. The molecule has 0 aromatic heterocycles. The van der Waals surface area contributed by atoms with Crippen LogP contribution < -0.4 is 5.32 Å². The standard InChI is InChI=1S/C12H19NOS/c14-11-5-8-3-9(6-11)12(10(4-8)7-11)13-1-2-15-12/h8-10,13-14H,1-7H2/p+1/t8?,9-,10+,11?,12?. The summed E-state index contributed by atoms with van der Waals surface area (Å²) in [7, 11) is 0. The van der Waals surface area contributed by atoms with Crippen LogP contribution in [0.5, 0.6) is 0 Å². The van der Waals surface area contributed by atoms with Crippen LogP contribution in [-0.2, 0) is 0 Å². The topological polar surface area (TPSA) is 36.8 Å². The molecule has 84 valence electrons. The van der Waals surface area contributed by atoms with E-state index in [1.165, 1.54) is 25.1 Å². The van der Waals surface area contributed by atoms with Crippen LogP contribution in [0.15, 0.2) is 0 Å². The maximum atomic E-state index is 10.5. The Kier molecular flexibility index (Phi) is 1.70. The highest BCUT2D eigenvalue weighted by atomic mass is 32.2. The Morgan fingerprint density at radius 2 is 1.87 bits per heavy atom. The van der Waals surface area contributed by atoms with Gasteiger partial charge < -0.3 is 10.4 Å². The summed E-state index contributed by atoms with van der Waals surface area (Å²) >= 11 is 2.21. The third-order valence-electron chi connectivity index (χ3n) is 5.37. The minimum atomic E-state index is -0.251. The Labute approximate surface area is 95.2 Å². The molecule has 0 radical (unpaired) electrons. The van der Waals surface area contributed by atoms with E-state index in [9.17, 15) is 5.11 Å². The molecule has 0 aromatic rings. The smallest absolute Gasteiger partial charge is 0.149 e. The quantitative estimate of drug-likeness (QED) is 0.633. The molecule has 1 aliphatic heterocycles. The predicted octanol–water partition coefficient (Wildman–Crippen LogP) is 0.564. The molecule has 3 heteroatoms. The lowest BCUT2D eigenvalue weighted by atomic mass is 9.52. The molecule has 1 spiro atoms. The Morgan fingerprint density at radius 1 is 1.13 bits per heavy atom. The van der Waals surface area contributed by atoms with E-state index in [1.54, 1.807) is 0 Å². The van der Waals surface area contributed by atoms with Gasteiger partial charge in [0.05, 0.1) is 12.1 Å². The SMILES string of the molecule is OC12CC3C[C@H](C1)C1([NH2+]CCS1)[C@@H](C3)C2. The summed E-state index contributed by atoms with van der Waals surface area (Å²) in [5.41, 5.74) is -0.251. The molecule has 4 bridgehead atoms. The second-order valence-electron chi connectivity index (χ2n) is 6.26. The van der Waals surface area contributed by atoms with Crippen molar-refractivity contribution in [1.29, 1.82) is 0 Å². The molecule has 3 N–H and O–H groups in total. The highest BCUT2D eigenvalue weighted by molar-refractivity contribution is 8.00. The number of rotatable bonds is 0. The van der Waals surface area contributed by atoms with Crippen molar-refractivity contribution in [2.24, 2.45) is 17.8 Å². The summed E-state index contributed by atoms with van der Waals surface area (Å²) in [5, 5.41) is 13.1. The molecule has 1 saturated heterocycles. The number of thioether (sulfide) groups is 1. The predicted molar refractivity (Wildman–Crippen MR) is 60.5 cm³/mol. The van der Waals surface area contributed by atoms with Crippen molar-refractivity contribution in [2.45, 2.75) is 42.6 Å². The van der Waals surface area contributed by atoms with Crippen LogP contribution in [-0.4, -0.2) is 27.9 Å². The Balaban J connectivity index is 1.75. The summed E-state index contributed by atoms with van der Waals surface area (Å²) in [5.74, 6) is 3.80. The Hall–Kier alpha value is 0.270. The zero-order chi connectivity index (χ0) is 10.1. The van der Waals surface area contributed by atoms with Crippen molar-refractivity contribution in [1.82, 2.24) is 0 Å². The van der Waals surface area contributed by atoms with Crippen molar-refractivity contribution >= 4 is 11.8 Å². The normalized spacial score (nSPS) is 61.8. The zero-order valence-corrected chi connectivity index (χ0v) is 9.93. The number of hydrogen-bond acceptors (Lipinski definition) is 2. The summed E-state index contributed by atoms with van der Waals surface area (Å²) < 4.78 is 0. The van der Waals surface area contributed by atoms with E-state index >= 15 is 0 Å². The van der Waals surface area contributed by atoms with Crippen LogP contribution in [0.2, 0.25) is 0 Å². The van der Waals surface area contributed by atoms with Crippen molar-refractivity contribution in [3.63, 3.8) is 0 Å². The van der Waals surface area contributed by atoms with Crippen LogP contribution in [0.3, 0.4) is 0 Å². The highest BCUT2D eigenvalue weighted by Gasteiger charge is 2.65. The third-order valence-corrected chi connectivity index (χ3v) is 7.14. The first-order valence-electron chi connectivity index (χ1n) is 6.41. The molecule has 15 heavy (non-hydrogen) atoms. The van der Waals surface area contributed by atoms with Gasteiger partial charge >= 0.3 is 0 Å². The summed E-state index contributed by atoms with van der Waals surface area (Å²) in [6.45, 7) is 1.31. The second kappa shape index (κ2) is 2.74. The van der Waals surface area contributed by atoms with E-state index in [0.29, 0.717) is 4.87 Å². The third kappa shape index (κ3) is 1.10. The summed E-state index contributed by atoms with van der Waals surface area (Å²) in [4.78, 5) is 0.503. The van der Waals surface area contributed by atoms with E-state index in [0.717, 1.165) is 37.0 Å². The van der Waals surface area contributed by atoms with E-state index in [-0.39, 0.29) is 5.60 Å². The molecule has 2 nitrogen and oxygen atoms in total. The van der Waals surface area contributed by atoms with Crippen molar-refractivity contribution in [2.75, 3.05) is 12.3 Å². The van der Waals surface area contributed by atoms with E-state index in [1.807, 2.05) is 0 Å². The molecular formula is C12H20NOS+. The van der Waals surface area contributed by atoms with Gasteiger partial charge in [0.15, 0.2) is 0 Å². The fourth-order valence-corrected chi connectivity index (χ4v) is 6.76. The van der Waals surface area contributed by atoms with Gasteiger partial charge in [-0.05, 0) is 38.0 Å². The van der Waals surface area contributed by atoms with Crippen molar-refractivity contribution in [3.05, 3.63) is 0 Å². The second-order valence-corrected chi connectivity index (χ2v) is 7.67. The minimum Gasteiger partial charge on any atom is -0.390 e. The van der Waals surface area contributed by atoms with E-state index < -0.39 is 0 Å². The van der Waals surface area contributed by atoms with Gasteiger partial charge in [-0.15, -0.1) is 0 Å². The highest BCUT2D eigenvalue weighted by Crippen LogP contribution is 2.62. The molecule has 5 atom stereocenters.